The van der Waals surface area contributed by atoms with Crippen molar-refractivity contribution in [3.63, 3.8) is 0 Å². The highest BCUT2D eigenvalue weighted by molar-refractivity contribution is 4.68. The Labute approximate surface area is 72.1 Å². The summed E-state index contributed by atoms with van der Waals surface area (Å²) < 4.78 is 0. The van der Waals surface area contributed by atoms with Gasteiger partial charge in [0.25, 0.3) is 0 Å². The van der Waals surface area contributed by atoms with E-state index in [0.29, 0.717) is 0 Å². The summed E-state index contributed by atoms with van der Waals surface area (Å²) in [7, 11) is 2.06. The summed E-state index contributed by atoms with van der Waals surface area (Å²) in [6.45, 7) is 3.62. The maximum atomic E-state index is 3.28. The molecular weight excluding hydrogens is 134 g/mol. The summed E-state index contributed by atoms with van der Waals surface area (Å²) in [5, 5.41) is 3.28. The maximum absolute atomic E-state index is 3.28. The van der Waals surface area contributed by atoms with Crippen molar-refractivity contribution in [2.24, 2.45) is 11.8 Å². The lowest BCUT2D eigenvalue weighted by atomic mass is 9.99. The van der Waals surface area contributed by atoms with Crippen LogP contribution in [0.4, 0.5) is 0 Å². The van der Waals surface area contributed by atoms with Gasteiger partial charge in [-0.05, 0) is 38.3 Å². The first-order valence-corrected chi connectivity index (χ1v) is 4.97. The number of nitrogens with one attached hydrogen (secondary N) is 1. The van der Waals surface area contributed by atoms with E-state index in [1.54, 1.807) is 0 Å². The summed E-state index contributed by atoms with van der Waals surface area (Å²) in [6, 6.07) is 0. The van der Waals surface area contributed by atoms with Gasteiger partial charge in [-0.15, -0.1) is 0 Å². The third kappa shape index (κ3) is 3.24. The average molecular weight is 157 g/mol. The van der Waals surface area contributed by atoms with E-state index in [0.717, 1.165) is 11.8 Å². The molecule has 0 aromatic heterocycles. The quantitative estimate of drug-likeness (QED) is 0.608. The molecule has 0 aromatic carbocycles. The van der Waals surface area contributed by atoms with Gasteiger partial charge in [-0.3, -0.25) is 0 Å². The predicted molar refractivity (Wildman–Crippen MR) is 51.8 cm³/mol. The minimum absolute atomic E-state index is 0. The molecule has 2 atom stereocenters. The molecule has 11 heavy (non-hydrogen) atoms. The molecule has 1 nitrogen and oxygen atoms in total. The Morgan fingerprint density at radius 2 is 2.09 bits per heavy atom. The van der Waals surface area contributed by atoms with Gasteiger partial charge in [0.05, 0.1) is 0 Å². The van der Waals surface area contributed by atoms with Gasteiger partial charge >= 0.3 is 0 Å². The summed E-state index contributed by atoms with van der Waals surface area (Å²) in [5.41, 5.74) is 0. The molecule has 1 rings (SSSR count). The summed E-state index contributed by atoms with van der Waals surface area (Å²) >= 11 is 0. The third-order valence-corrected chi connectivity index (χ3v) is 2.87. The first kappa shape index (κ1) is 9.05. The van der Waals surface area contributed by atoms with Gasteiger partial charge in [0.15, 0.2) is 0 Å². The van der Waals surface area contributed by atoms with Crippen LogP contribution in [-0.4, -0.2) is 13.6 Å². The van der Waals surface area contributed by atoms with E-state index in [4.69, 9.17) is 0 Å². The van der Waals surface area contributed by atoms with Crippen LogP contribution in [0.3, 0.4) is 0 Å². The van der Waals surface area contributed by atoms with Crippen LogP contribution in [0.25, 0.3) is 0 Å². The van der Waals surface area contributed by atoms with Gasteiger partial charge in [-0.25, -0.2) is 0 Å². The van der Waals surface area contributed by atoms with Crippen LogP contribution in [0.2, 0.25) is 0 Å². The molecular formula is C10H23N. The first-order valence-electron chi connectivity index (χ1n) is 4.97. The van der Waals surface area contributed by atoms with Crippen LogP contribution in [0.1, 0.15) is 40.5 Å². The minimum Gasteiger partial charge on any atom is -0.319 e. The van der Waals surface area contributed by atoms with Crippen LogP contribution < -0.4 is 5.32 Å². The lowest BCUT2D eigenvalue weighted by molar-refractivity contribution is 0.430. The van der Waals surface area contributed by atoms with E-state index in [9.17, 15) is 0 Å². The highest BCUT2D eigenvalue weighted by Crippen LogP contribution is 2.26. The average Bonchev–Trinajstić information content (AvgIpc) is 2.17. The second-order valence-electron chi connectivity index (χ2n) is 4.04. The monoisotopic (exact) mass is 157 g/mol. The van der Waals surface area contributed by atoms with Crippen molar-refractivity contribution >= 4 is 0 Å². The summed E-state index contributed by atoms with van der Waals surface area (Å²) in [6.07, 6.45) is 7.26. The summed E-state index contributed by atoms with van der Waals surface area (Å²) in [4.78, 5) is 0. The Kier molecular flexibility index (Phi) is 3.92. The molecule has 0 amide bonds. The molecule has 1 heteroatoms. The van der Waals surface area contributed by atoms with Crippen molar-refractivity contribution in [3.05, 3.63) is 0 Å². The molecule has 1 aliphatic rings. The number of hydrogen-bond donors (Lipinski definition) is 1. The number of rotatable bonds is 2. The highest BCUT2D eigenvalue weighted by atomic mass is 14.8. The Hall–Kier alpha value is -0.0400. The first-order chi connectivity index (χ1) is 5.33. The van der Waals surface area contributed by atoms with E-state index in [1.165, 1.54) is 38.6 Å². The zero-order valence-electron chi connectivity index (χ0n) is 7.90. The molecule has 0 bridgehead atoms. The molecule has 1 saturated carbocycles. The summed E-state index contributed by atoms with van der Waals surface area (Å²) in [5.74, 6) is 1.95. The largest absolute Gasteiger partial charge is 0.319 e. The van der Waals surface area contributed by atoms with E-state index >= 15 is 0 Å². The van der Waals surface area contributed by atoms with Gasteiger partial charge in [0.2, 0.25) is 0 Å². The molecule has 0 aromatic rings. The zero-order valence-corrected chi connectivity index (χ0v) is 7.90. The Morgan fingerprint density at radius 1 is 1.27 bits per heavy atom. The van der Waals surface area contributed by atoms with Crippen LogP contribution in [0.5, 0.6) is 0 Å². The standard InChI is InChI=1S/C10H21N.H2/c1-9-4-3-5-10(7-6-9)8-11-2;/h9-11H,3-8H2,1-2H3;1H/t9-,10-;/m1./s1. The van der Waals surface area contributed by atoms with Gasteiger partial charge < -0.3 is 5.32 Å². The van der Waals surface area contributed by atoms with Crippen molar-refractivity contribution in [2.45, 2.75) is 39.0 Å². The molecule has 0 aliphatic heterocycles. The molecule has 0 saturated heterocycles. The van der Waals surface area contributed by atoms with Crippen molar-refractivity contribution in [3.8, 4) is 0 Å². The molecule has 68 valence electrons. The lowest BCUT2D eigenvalue weighted by Gasteiger charge is -2.12. The highest BCUT2D eigenvalue weighted by Gasteiger charge is 2.14. The normalized spacial score (nSPS) is 33.3. The van der Waals surface area contributed by atoms with Crippen LogP contribution >= 0.6 is 0 Å². The zero-order chi connectivity index (χ0) is 8.10. The van der Waals surface area contributed by atoms with Gasteiger partial charge in [0.1, 0.15) is 0 Å². The van der Waals surface area contributed by atoms with E-state index in [-0.39, 0.29) is 1.43 Å². The molecule has 1 fully saturated rings. The van der Waals surface area contributed by atoms with Crippen molar-refractivity contribution < 1.29 is 1.43 Å². The van der Waals surface area contributed by atoms with Crippen molar-refractivity contribution in [1.82, 2.24) is 5.32 Å². The Balaban J connectivity index is 0.00000121. The smallest absolute Gasteiger partial charge is 0 e. The van der Waals surface area contributed by atoms with E-state index in [1.807, 2.05) is 0 Å². The minimum atomic E-state index is 0. The van der Waals surface area contributed by atoms with Crippen LogP contribution in [0, 0.1) is 11.8 Å². The van der Waals surface area contributed by atoms with Gasteiger partial charge in [-0.2, -0.15) is 0 Å². The molecule has 0 spiro atoms. The fourth-order valence-electron chi connectivity index (χ4n) is 2.06. The maximum Gasteiger partial charge on any atom is 0 e. The number of hydrogen-bond acceptors (Lipinski definition) is 1. The second kappa shape index (κ2) is 4.76. The third-order valence-electron chi connectivity index (χ3n) is 2.87. The SMILES string of the molecule is CNC[C@@H]1CCC[C@@H](C)CC1.[HH]. The molecule has 0 radical (unpaired) electrons. The second-order valence-corrected chi connectivity index (χ2v) is 4.04. The molecule has 1 N–H and O–H groups in total. The fourth-order valence-corrected chi connectivity index (χ4v) is 2.06. The predicted octanol–water partition coefficient (Wildman–Crippen LogP) is 2.67. The molecule has 0 heterocycles. The van der Waals surface area contributed by atoms with E-state index < -0.39 is 0 Å². The van der Waals surface area contributed by atoms with Crippen molar-refractivity contribution in [2.75, 3.05) is 13.6 Å². The lowest BCUT2D eigenvalue weighted by Crippen LogP contribution is -2.18. The fraction of sp³-hybridized carbons (Fsp3) is 1.00. The van der Waals surface area contributed by atoms with Crippen molar-refractivity contribution in [1.29, 1.82) is 0 Å². The van der Waals surface area contributed by atoms with E-state index in [2.05, 4.69) is 19.3 Å². The molecule has 1 aliphatic carbocycles. The van der Waals surface area contributed by atoms with Crippen LogP contribution in [0.15, 0.2) is 0 Å². The Bertz CT molecular complexity index is 106. The van der Waals surface area contributed by atoms with Crippen LogP contribution in [-0.2, 0) is 0 Å². The Morgan fingerprint density at radius 3 is 2.82 bits per heavy atom. The topological polar surface area (TPSA) is 12.0 Å². The van der Waals surface area contributed by atoms with Gasteiger partial charge in [-0.1, -0.05) is 26.2 Å². The molecule has 0 unspecified atom stereocenters. The van der Waals surface area contributed by atoms with Gasteiger partial charge in [0, 0.05) is 1.43 Å².